The van der Waals surface area contributed by atoms with Gasteiger partial charge in [0.15, 0.2) is 0 Å². The first kappa shape index (κ1) is 20.5. The molecule has 2 fully saturated rings. The number of hydrogen-bond acceptors (Lipinski definition) is 4. The molecule has 1 aromatic carbocycles. The largest absolute Gasteiger partial charge is 0.374 e. The third-order valence-corrected chi connectivity index (χ3v) is 6.99. The number of amides is 2. The zero-order chi connectivity index (χ0) is 20.2. The number of anilines is 1. The molecule has 1 saturated heterocycles. The average Bonchev–Trinajstić information content (AvgIpc) is 3.10. The van der Waals surface area contributed by atoms with Crippen molar-refractivity contribution in [1.82, 2.24) is 20.4 Å². The molecule has 4 rings (SSSR count). The molecule has 0 bridgehead atoms. The molecule has 6 nitrogen and oxygen atoms in total. The summed E-state index contributed by atoms with van der Waals surface area (Å²) in [5.41, 5.74) is 4.13. The molecule has 2 amide bonds. The van der Waals surface area contributed by atoms with Crippen LogP contribution in [0, 0.1) is 0 Å². The molecule has 1 aliphatic carbocycles. The zero-order valence-corrected chi connectivity index (χ0v) is 18.1. The van der Waals surface area contributed by atoms with Gasteiger partial charge in [-0.2, -0.15) is 0 Å². The van der Waals surface area contributed by atoms with Crippen molar-refractivity contribution in [3.05, 3.63) is 29.3 Å². The van der Waals surface area contributed by atoms with Gasteiger partial charge in [0.25, 0.3) is 0 Å². The van der Waals surface area contributed by atoms with Gasteiger partial charge in [-0.3, -0.25) is 4.90 Å². The van der Waals surface area contributed by atoms with Gasteiger partial charge in [0.1, 0.15) is 0 Å². The van der Waals surface area contributed by atoms with E-state index in [0.717, 1.165) is 52.0 Å². The van der Waals surface area contributed by atoms with Crippen LogP contribution >= 0.6 is 0 Å². The predicted octanol–water partition coefficient (Wildman–Crippen LogP) is 2.60. The molecule has 2 heterocycles. The third-order valence-electron chi connectivity index (χ3n) is 6.99. The maximum absolute atomic E-state index is 12.6. The lowest BCUT2D eigenvalue weighted by molar-refractivity contribution is 0.111. The van der Waals surface area contributed by atoms with Crippen LogP contribution in [0.1, 0.15) is 49.3 Å². The van der Waals surface area contributed by atoms with Crippen LogP contribution in [0.4, 0.5) is 10.5 Å². The number of nitrogens with one attached hydrogen (secondary N) is 2. The normalized spacial score (nSPS) is 22.3. The van der Waals surface area contributed by atoms with Gasteiger partial charge in [0.05, 0.1) is 6.04 Å². The van der Waals surface area contributed by atoms with Crippen molar-refractivity contribution in [2.45, 2.75) is 50.6 Å². The Balaban J connectivity index is 1.43. The Bertz CT molecular complexity index is 695. The number of carbonyl (C=O) groups excluding carboxylic acids is 1. The average molecular weight is 400 g/mol. The van der Waals surface area contributed by atoms with Crippen LogP contribution in [0.5, 0.6) is 0 Å². The van der Waals surface area contributed by atoms with Gasteiger partial charge in [-0.25, -0.2) is 4.79 Å². The van der Waals surface area contributed by atoms with Crippen LogP contribution < -0.4 is 15.5 Å². The summed E-state index contributed by atoms with van der Waals surface area (Å²) in [5, 5.41) is 6.40. The predicted molar refractivity (Wildman–Crippen MR) is 119 cm³/mol. The third kappa shape index (κ3) is 5.04. The Morgan fingerprint density at radius 2 is 1.83 bits per heavy atom. The van der Waals surface area contributed by atoms with Crippen LogP contribution in [-0.4, -0.2) is 75.2 Å². The molecule has 0 spiro atoms. The number of rotatable bonds is 5. The Morgan fingerprint density at radius 1 is 1.07 bits per heavy atom. The smallest absolute Gasteiger partial charge is 0.315 e. The van der Waals surface area contributed by atoms with Crippen LogP contribution in [0.2, 0.25) is 0 Å². The first-order valence-corrected chi connectivity index (χ1v) is 11.4. The highest BCUT2D eigenvalue weighted by Gasteiger charge is 2.26. The summed E-state index contributed by atoms with van der Waals surface area (Å²) in [6.45, 7) is 6.02. The van der Waals surface area contributed by atoms with E-state index >= 15 is 0 Å². The van der Waals surface area contributed by atoms with Crippen molar-refractivity contribution < 1.29 is 4.79 Å². The highest BCUT2D eigenvalue weighted by molar-refractivity contribution is 5.74. The highest BCUT2D eigenvalue weighted by Crippen LogP contribution is 2.31. The summed E-state index contributed by atoms with van der Waals surface area (Å²) in [6, 6.07) is 7.49. The molecule has 6 heteroatoms. The quantitative estimate of drug-likeness (QED) is 0.799. The zero-order valence-electron chi connectivity index (χ0n) is 18.1. The minimum absolute atomic E-state index is 0.00285. The fourth-order valence-electron chi connectivity index (χ4n) is 5.06. The van der Waals surface area contributed by atoms with E-state index in [-0.39, 0.29) is 12.1 Å². The van der Waals surface area contributed by atoms with Gasteiger partial charge in [-0.05, 0) is 43.5 Å². The van der Waals surface area contributed by atoms with Crippen molar-refractivity contribution in [1.29, 1.82) is 0 Å². The van der Waals surface area contributed by atoms with E-state index < -0.39 is 0 Å². The number of fused-ring (bicyclic) bond motifs is 1. The summed E-state index contributed by atoms with van der Waals surface area (Å²) in [7, 11) is 4.36. The lowest BCUT2D eigenvalue weighted by atomic mass is 9.96. The van der Waals surface area contributed by atoms with Crippen molar-refractivity contribution in [3.63, 3.8) is 0 Å². The molecular formula is C23H37N5O. The Hall–Kier alpha value is -1.79. The van der Waals surface area contributed by atoms with Gasteiger partial charge < -0.3 is 20.4 Å². The van der Waals surface area contributed by atoms with Crippen molar-refractivity contribution in [2.75, 3.05) is 58.3 Å². The second-order valence-corrected chi connectivity index (χ2v) is 9.10. The molecule has 1 saturated carbocycles. The van der Waals surface area contributed by atoms with Gasteiger partial charge in [0, 0.05) is 58.0 Å². The van der Waals surface area contributed by atoms with Crippen LogP contribution in [0.3, 0.4) is 0 Å². The van der Waals surface area contributed by atoms with Crippen molar-refractivity contribution in [3.8, 4) is 0 Å². The summed E-state index contributed by atoms with van der Waals surface area (Å²) >= 11 is 0. The molecule has 1 atom stereocenters. The van der Waals surface area contributed by atoms with E-state index in [0.29, 0.717) is 12.6 Å². The lowest BCUT2D eigenvalue weighted by Gasteiger charge is -2.38. The Kier molecular flexibility index (Phi) is 6.60. The summed E-state index contributed by atoms with van der Waals surface area (Å²) in [4.78, 5) is 19.8. The molecule has 0 radical (unpaired) electrons. The van der Waals surface area contributed by atoms with E-state index in [4.69, 9.17) is 0 Å². The maximum atomic E-state index is 12.6. The molecule has 29 heavy (non-hydrogen) atoms. The fourth-order valence-corrected chi connectivity index (χ4v) is 5.06. The van der Waals surface area contributed by atoms with E-state index in [1.807, 2.05) is 0 Å². The van der Waals surface area contributed by atoms with E-state index in [1.165, 1.54) is 36.1 Å². The van der Waals surface area contributed by atoms with Crippen molar-refractivity contribution >= 4 is 11.7 Å². The molecule has 160 valence electrons. The van der Waals surface area contributed by atoms with Crippen molar-refractivity contribution in [2.24, 2.45) is 0 Å². The minimum Gasteiger partial charge on any atom is -0.374 e. The van der Waals surface area contributed by atoms with Crippen LogP contribution in [0.15, 0.2) is 18.2 Å². The minimum atomic E-state index is -0.00285. The summed E-state index contributed by atoms with van der Waals surface area (Å²) < 4.78 is 0. The second-order valence-electron chi connectivity index (χ2n) is 9.10. The maximum Gasteiger partial charge on any atom is 0.315 e. The molecule has 0 unspecified atom stereocenters. The standard InChI is InChI=1S/C23H37N5O/c1-26-12-14-28(15-13-26)22(17-24-23(29)25-20-6-4-3-5-7-20)18-8-9-21-19(16-18)10-11-27(21)2/h8-9,16,20,22H,3-7,10-15,17H2,1-2H3,(H2,24,25,29)/t22-/m0/s1. The second kappa shape index (κ2) is 9.35. The SMILES string of the molecule is CN1CCN([C@@H](CNC(=O)NC2CCCCC2)c2ccc3c(c2)CCN3C)CC1. The Labute approximate surface area is 175 Å². The molecular weight excluding hydrogens is 362 g/mol. The first-order valence-electron chi connectivity index (χ1n) is 11.4. The lowest BCUT2D eigenvalue weighted by Crippen LogP contribution is -2.50. The monoisotopic (exact) mass is 399 g/mol. The molecule has 3 aliphatic rings. The van der Waals surface area contributed by atoms with Crippen LogP contribution in [-0.2, 0) is 6.42 Å². The number of carbonyl (C=O) groups is 1. The summed E-state index contributed by atoms with van der Waals surface area (Å²) in [5.74, 6) is 0. The van der Waals surface area contributed by atoms with E-state index in [2.05, 4.69) is 57.6 Å². The number of piperazine rings is 1. The molecule has 2 aliphatic heterocycles. The fraction of sp³-hybridized carbons (Fsp3) is 0.696. The van der Waals surface area contributed by atoms with Gasteiger partial charge in [-0.15, -0.1) is 0 Å². The molecule has 0 aromatic heterocycles. The number of hydrogen-bond donors (Lipinski definition) is 2. The van der Waals surface area contributed by atoms with Gasteiger partial charge in [-0.1, -0.05) is 31.4 Å². The molecule has 1 aromatic rings. The number of likely N-dealkylation sites (N-methyl/N-ethyl adjacent to an activating group) is 2. The molecule has 2 N–H and O–H groups in total. The van der Waals surface area contributed by atoms with E-state index in [1.54, 1.807) is 0 Å². The summed E-state index contributed by atoms with van der Waals surface area (Å²) in [6.07, 6.45) is 7.13. The van der Waals surface area contributed by atoms with Gasteiger partial charge in [0.2, 0.25) is 0 Å². The van der Waals surface area contributed by atoms with Gasteiger partial charge >= 0.3 is 6.03 Å². The topological polar surface area (TPSA) is 50.9 Å². The number of benzene rings is 1. The first-order chi connectivity index (χ1) is 14.1. The van der Waals surface area contributed by atoms with E-state index in [9.17, 15) is 4.79 Å². The highest BCUT2D eigenvalue weighted by atomic mass is 16.2. The Morgan fingerprint density at radius 3 is 2.59 bits per heavy atom. The number of nitrogens with zero attached hydrogens (tertiary/aromatic N) is 3. The van der Waals surface area contributed by atoms with Crippen LogP contribution in [0.25, 0.3) is 0 Å². The number of urea groups is 1.